The van der Waals surface area contributed by atoms with Gasteiger partial charge in [-0.05, 0) is 23.9 Å². The molecule has 2 aromatic rings. The molecule has 0 bridgehead atoms. The third kappa shape index (κ3) is 1.55. The molecule has 2 aromatic heterocycles. The number of aromatic nitrogens is 3. The predicted octanol–water partition coefficient (Wildman–Crippen LogP) is 2.09. The van der Waals surface area contributed by atoms with E-state index in [1.54, 1.807) is 36.3 Å². The molecule has 74 valence electrons. The molecule has 0 N–H and O–H groups in total. The fourth-order valence-corrected chi connectivity index (χ4v) is 2.47. The van der Waals surface area contributed by atoms with Crippen molar-refractivity contribution in [3.05, 3.63) is 24.5 Å². The van der Waals surface area contributed by atoms with E-state index in [0.717, 1.165) is 11.5 Å². The molecule has 0 unspecified atom stereocenters. The SMILES string of the molecule is CSN(SC)c1ccnc2ccnn12. The lowest BCUT2D eigenvalue weighted by atomic mass is 10.6. The van der Waals surface area contributed by atoms with Gasteiger partial charge in [0.15, 0.2) is 11.5 Å². The average Bonchev–Trinajstić information content (AvgIpc) is 2.68. The van der Waals surface area contributed by atoms with Gasteiger partial charge in [0, 0.05) is 30.8 Å². The number of rotatable bonds is 3. The minimum absolute atomic E-state index is 0.871. The maximum atomic E-state index is 4.22. The molecular formula is C8H10N4S2. The van der Waals surface area contributed by atoms with E-state index in [4.69, 9.17) is 0 Å². The summed E-state index contributed by atoms with van der Waals surface area (Å²) in [6.45, 7) is 0. The van der Waals surface area contributed by atoms with Gasteiger partial charge in [-0.2, -0.15) is 9.61 Å². The van der Waals surface area contributed by atoms with Crippen molar-refractivity contribution in [1.82, 2.24) is 14.6 Å². The lowest BCUT2D eigenvalue weighted by molar-refractivity contribution is 0.944. The summed E-state index contributed by atoms with van der Waals surface area (Å²) in [6, 6.07) is 3.84. The minimum Gasteiger partial charge on any atom is -0.241 e. The van der Waals surface area contributed by atoms with Crippen molar-refractivity contribution in [2.45, 2.75) is 0 Å². The van der Waals surface area contributed by atoms with E-state index in [1.807, 2.05) is 29.2 Å². The summed E-state index contributed by atoms with van der Waals surface area (Å²) in [5.41, 5.74) is 0.871. The zero-order valence-electron chi connectivity index (χ0n) is 7.91. The molecule has 0 fully saturated rings. The minimum atomic E-state index is 0.871. The van der Waals surface area contributed by atoms with Crippen molar-refractivity contribution in [2.75, 3.05) is 16.2 Å². The molecule has 0 aromatic carbocycles. The van der Waals surface area contributed by atoms with Crippen LogP contribution in [0.3, 0.4) is 0 Å². The third-order valence-corrected chi connectivity index (χ3v) is 3.72. The van der Waals surface area contributed by atoms with E-state index in [2.05, 4.69) is 13.8 Å². The van der Waals surface area contributed by atoms with Crippen molar-refractivity contribution in [2.24, 2.45) is 0 Å². The van der Waals surface area contributed by atoms with E-state index < -0.39 is 0 Å². The van der Waals surface area contributed by atoms with Crippen LogP contribution < -0.4 is 3.71 Å². The molecule has 0 aliphatic carbocycles. The maximum Gasteiger partial charge on any atom is 0.157 e. The highest BCUT2D eigenvalue weighted by molar-refractivity contribution is 8.17. The van der Waals surface area contributed by atoms with Gasteiger partial charge in [0.2, 0.25) is 0 Å². The summed E-state index contributed by atoms with van der Waals surface area (Å²) in [4.78, 5) is 4.21. The topological polar surface area (TPSA) is 33.4 Å². The molecule has 2 rings (SSSR count). The van der Waals surface area contributed by atoms with Gasteiger partial charge >= 0.3 is 0 Å². The highest BCUT2D eigenvalue weighted by Gasteiger charge is 2.08. The van der Waals surface area contributed by atoms with E-state index >= 15 is 0 Å². The van der Waals surface area contributed by atoms with Crippen LogP contribution in [0.25, 0.3) is 5.65 Å². The first kappa shape index (κ1) is 9.67. The molecule has 0 radical (unpaired) electrons. The second-order valence-electron chi connectivity index (χ2n) is 2.53. The van der Waals surface area contributed by atoms with Gasteiger partial charge in [-0.1, -0.05) is 0 Å². The third-order valence-electron chi connectivity index (χ3n) is 1.79. The zero-order valence-corrected chi connectivity index (χ0v) is 9.55. The van der Waals surface area contributed by atoms with Gasteiger partial charge in [0.25, 0.3) is 0 Å². The molecular weight excluding hydrogens is 216 g/mol. The highest BCUT2D eigenvalue weighted by Crippen LogP contribution is 2.26. The standard InChI is InChI=1S/C8H10N4S2/c1-13-12(14-2)8-4-5-9-7-3-6-10-11(7)8/h3-6H,1-2H3. The Labute approximate surface area is 91.0 Å². The number of hydrogen-bond acceptors (Lipinski definition) is 5. The number of nitrogens with zero attached hydrogens (tertiary/aromatic N) is 4. The lowest BCUT2D eigenvalue weighted by Gasteiger charge is -2.17. The van der Waals surface area contributed by atoms with E-state index in [1.165, 1.54) is 0 Å². The van der Waals surface area contributed by atoms with Crippen molar-refractivity contribution in [1.29, 1.82) is 0 Å². The summed E-state index contributed by atoms with van der Waals surface area (Å²) in [6.07, 6.45) is 7.62. The van der Waals surface area contributed by atoms with Gasteiger partial charge in [-0.15, -0.1) is 0 Å². The first-order valence-corrected chi connectivity index (χ1v) is 6.40. The molecule has 0 saturated heterocycles. The first-order valence-electron chi connectivity index (χ1n) is 4.04. The van der Waals surface area contributed by atoms with Gasteiger partial charge < -0.3 is 0 Å². The Hall–Kier alpha value is -0.880. The Morgan fingerprint density at radius 2 is 2.00 bits per heavy atom. The van der Waals surface area contributed by atoms with Crippen molar-refractivity contribution in [3.8, 4) is 0 Å². The summed E-state index contributed by atoms with van der Waals surface area (Å²) in [5.74, 6) is 1.03. The average molecular weight is 226 g/mol. The molecule has 2 heterocycles. The molecule has 0 spiro atoms. The van der Waals surface area contributed by atoms with Gasteiger partial charge in [0.1, 0.15) is 0 Å². The lowest BCUT2D eigenvalue weighted by Crippen LogP contribution is -2.08. The summed E-state index contributed by atoms with van der Waals surface area (Å²) >= 11 is 3.30. The second-order valence-corrected chi connectivity index (χ2v) is 4.22. The van der Waals surface area contributed by atoms with Crippen LogP contribution in [-0.4, -0.2) is 27.1 Å². The quantitative estimate of drug-likeness (QED) is 0.748. The van der Waals surface area contributed by atoms with Crippen LogP contribution >= 0.6 is 23.9 Å². The summed E-state index contributed by atoms with van der Waals surface area (Å²) in [5, 5.41) is 4.22. The molecule has 0 aliphatic rings. The second kappa shape index (κ2) is 4.10. The predicted molar refractivity (Wildman–Crippen MR) is 62.5 cm³/mol. The van der Waals surface area contributed by atoms with Gasteiger partial charge in [0.05, 0.1) is 6.20 Å². The fraction of sp³-hybridized carbons (Fsp3) is 0.250. The highest BCUT2D eigenvalue weighted by atomic mass is 32.2. The normalized spacial score (nSPS) is 10.7. The Balaban J connectivity index is 2.54. The van der Waals surface area contributed by atoms with Crippen LogP contribution in [0.15, 0.2) is 24.5 Å². The zero-order chi connectivity index (χ0) is 9.97. The number of fused-ring (bicyclic) bond motifs is 1. The summed E-state index contributed by atoms with van der Waals surface area (Å²) in [7, 11) is 0. The Morgan fingerprint density at radius 3 is 2.71 bits per heavy atom. The molecule has 4 nitrogen and oxygen atoms in total. The Bertz CT molecular complexity index is 424. The monoisotopic (exact) mass is 226 g/mol. The van der Waals surface area contributed by atoms with Crippen LogP contribution in [0.2, 0.25) is 0 Å². The van der Waals surface area contributed by atoms with Crippen molar-refractivity contribution < 1.29 is 0 Å². The fourth-order valence-electron chi connectivity index (χ4n) is 1.22. The Morgan fingerprint density at radius 1 is 1.21 bits per heavy atom. The Kier molecular flexibility index (Phi) is 2.83. The van der Waals surface area contributed by atoms with Crippen molar-refractivity contribution >= 4 is 35.4 Å². The maximum absolute atomic E-state index is 4.22. The van der Waals surface area contributed by atoms with Crippen LogP contribution in [0.4, 0.5) is 5.82 Å². The molecule has 14 heavy (non-hydrogen) atoms. The summed E-state index contributed by atoms with van der Waals surface area (Å²) < 4.78 is 3.91. The van der Waals surface area contributed by atoms with E-state index in [0.29, 0.717) is 0 Å². The van der Waals surface area contributed by atoms with Crippen LogP contribution in [-0.2, 0) is 0 Å². The molecule has 0 atom stereocenters. The van der Waals surface area contributed by atoms with Gasteiger partial charge in [-0.3, -0.25) is 0 Å². The molecule has 0 aliphatic heterocycles. The van der Waals surface area contributed by atoms with Crippen LogP contribution in [0.5, 0.6) is 0 Å². The largest absolute Gasteiger partial charge is 0.241 e. The molecule has 0 saturated carbocycles. The first-order chi connectivity index (χ1) is 6.86. The van der Waals surface area contributed by atoms with Crippen molar-refractivity contribution in [3.63, 3.8) is 0 Å². The molecule has 0 amide bonds. The van der Waals surface area contributed by atoms with Gasteiger partial charge in [-0.25, -0.2) is 8.69 Å². The smallest absolute Gasteiger partial charge is 0.157 e. The van der Waals surface area contributed by atoms with E-state index in [-0.39, 0.29) is 0 Å². The number of hydrogen-bond donors (Lipinski definition) is 0. The van der Waals surface area contributed by atoms with E-state index in [9.17, 15) is 0 Å². The van der Waals surface area contributed by atoms with Crippen LogP contribution in [0, 0.1) is 0 Å². The number of anilines is 1. The van der Waals surface area contributed by atoms with Crippen LogP contribution in [0.1, 0.15) is 0 Å². The molecule has 6 heteroatoms.